The summed E-state index contributed by atoms with van der Waals surface area (Å²) in [5, 5.41) is 5.05. The van der Waals surface area contributed by atoms with Crippen molar-refractivity contribution in [3.8, 4) is 0 Å². The second-order valence-electron chi connectivity index (χ2n) is 6.40. The topological polar surface area (TPSA) is 76.1 Å². The number of rotatable bonds is 2. The van der Waals surface area contributed by atoms with Gasteiger partial charge < -0.3 is 10.6 Å². The Hall–Kier alpha value is -1.89. The van der Waals surface area contributed by atoms with Crippen molar-refractivity contribution >= 4 is 22.8 Å². The highest BCUT2D eigenvalue weighted by Crippen LogP contribution is 2.26. The molecular formula is C15H23N7. The Morgan fingerprint density at radius 1 is 1.14 bits per heavy atom. The molecule has 2 aliphatic rings. The van der Waals surface area contributed by atoms with E-state index in [-0.39, 0.29) is 0 Å². The third-order valence-corrected chi connectivity index (χ3v) is 4.96. The van der Waals surface area contributed by atoms with Crippen LogP contribution in [0.1, 0.15) is 25.7 Å². The molecule has 0 spiro atoms. The summed E-state index contributed by atoms with van der Waals surface area (Å²) in [6.07, 6.45) is 6.97. The lowest BCUT2D eigenvalue weighted by Crippen LogP contribution is -2.41. The molecule has 7 heteroatoms. The summed E-state index contributed by atoms with van der Waals surface area (Å²) in [4.78, 5) is 14.1. The number of piperidine rings is 1. The summed E-state index contributed by atoms with van der Waals surface area (Å²) in [5.41, 5.74) is 6.88. The molecular weight excluding hydrogens is 278 g/mol. The van der Waals surface area contributed by atoms with Crippen LogP contribution in [0.4, 0.5) is 11.8 Å². The Morgan fingerprint density at radius 3 is 2.77 bits per heavy atom. The van der Waals surface area contributed by atoms with Gasteiger partial charge >= 0.3 is 0 Å². The van der Waals surface area contributed by atoms with E-state index in [1.165, 1.54) is 38.8 Å². The Bertz CT molecular complexity index is 674. The minimum absolute atomic E-state index is 0.523. The molecule has 4 rings (SSSR count). The number of aryl methyl sites for hydroxylation is 1. The molecule has 0 radical (unpaired) electrons. The number of nitrogen functional groups attached to an aromatic ring is 1. The fourth-order valence-electron chi connectivity index (χ4n) is 3.68. The van der Waals surface area contributed by atoms with Gasteiger partial charge in [0.25, 0.3) is 0 Å². The normalized spacial score (nSPS) is 23.5. The minimum atomic E-state index is 0.523. The van der Waals surface area contributed by atoms with E-state index in [2.05, 4.69) is 24.9 Å². The molecule has 0 bridgehead atoms. The van der Waals surface area contributed by atoms with Crippen molar-refractivity contribution < 1.29 is 0 Å². The quantitative estimate of drug-likeness (QED) is 0.892. The van der Waals surface area contributed by atoms with Crippen LogP contribution in [0.5, 0.6) is 0 Å². The van der Waals surface area contributed by atoms with E-state index in [1.54, 1.807) is 10.9 Å². The Balaban J connectivity index is 1.56. The largest absolute Gasteiger partial charge is 0.383 e. The van der Waals surface area contributed by atoms with Gasteiger partial charge in [-0.15, -0.1) is 0 Å². The van der Waals surface area contributed by atoms with E-state index < -0.39 is 0 Å². The van der Waals surface area contributed by atoms with Crippen LogP contribution in [0, 0.1) is 0 Å². The molecule has 118 valence electrons. The lowest BCUT2D eigenvalue weighted by molar-refractivity contribution is 0.174. The molecule has 0 aromatic carbocycles. The molecule has 2 N–H and O–H groups in total. The molecule has 2 aromatic rings. The second-order valence-corrected chi connectivity index (χ2v) is 6.40. The van der Waals surface area contributed by atoms with E-state index in [0.29, 0.717) is 11.9 Å². The van der Waals surface area contributed by atoms with Crippen LogP contribution in [0.15, 0.2) is 6.20 Å². The third kappa shape index (κ3) is 2.29. The summed E-state index contributed by atoms with van der Waals surface area (Å²) >= 11 is 0. The van der Waals surface area contributed by atoms with Crippen molar-refractivity contribution in [3.05, 3.63) is 6.20 Å². The minimum Gasteiger partial charge on any atom is -0.383 e. The number of nitrogens with zero attached hydrogens (tertiary/aromatic N) is 6. The Kier molecular flexibility index (Phi) is 3.37. The predicted molar refractivity (Wildman–Crippen MR) is 86.8 cm³/mol. The molecule has 2 saturated heterocycles. The van der Waals surface area contributed by atoms with E-state index in [1.807, 2.05) is 7.05 Å². The van der Waals surface area contributed by atoms with Crippen molar-refractivity contribution in [3.63, 3.8) is 0 Å². The number of nitrogens with two attached hydrogens (primary N) is 1. The SMILES string of the molecule is Cn1ncc2c(N)nc(N3CCC(N4CCCCC4)C3)nc21. The average Bonchev–Trinajstić information content (AvgIpc) is 3.16. The van der Waals surface area contributed by atoms with E-state index >= 15 is 0 Å². The lowest BCUT2D eigenvalue weighted by atomic mass is 10.1. The number of hydrogen-bond donors (Lipinski definition) is 1. The summed E-state index contributed by atoms with van der Waals surface area (Å²) in [6, 6.07) is 0.632. The van der Waals surface area contributed by atoms with E-state index in [4.69, 9.17) is 5.73 Å². The van der Waals surface area contributed by atoms with Gasteiger partial charge in [0.2, 0.25) is 5.95 Å². The van der Waals surface area contributed by atoms with Gasteiger partial charge in [-0.2, -0.15) is 15.1 Å². The van der Waals surface area contributed by atoms with Crippen LogP contribution in [-0.4, -0.2) is 56.9 Å². The fraction of sp³-hybridized carbons (Fsp3) is 0.667. The third-order valence-electron chi connectivity index (χ3n) is 4.96. The predicted octanol–water partition coefficient (Wildman–Crippen LogP) is 1.01. The summed E-state index contributed by atoms with van der Waals surface area (Å²) in [5.74, 6) is 1.27. The number of fused-ring (bicyclic) bond motifs is 1. The smallest absolute Gasteiger partial charge is 0.229 e. The van der Waals surface area contributed by atoms with Crippen molar-refractivity contribution in [1.82, 2.24) is 24.6 Å². The zero-order valence-corrected chi connectivity index (χ0v) is 13.1. The maximum atomic E-state index is 6.07. The molecule has 4 heterocycles. The molecule has 2 fully saturated rings. The van der Waals surface area contributed by atoms with Crippen LogP contribution in [0.2, 0.25) is 0 Å². The van der Waals surface area contributed by atoms with E-state index in [0.717, 1.165) is 30.1 Å². The van der Waals surface area contributed by atoms with Gasteiger partial charge in [-0.3, -0.25) is 9.58 Å². The zero-order valence-electron chi connectivity index (χ0n) is 13.1. The molecule has 2 aliphatic heterocycles. The van der Waals surface area contributed by atoms with Crippen molar-refractivity contribution in [1.29, 1.82) is 0 Å². The van der Waals surface area contributed by atoms with Crippen LogP contribution in [0.3, 0.4) is 0 Å². The van der Waals surface area contributed by atoms with Crippen molar-refractivity contribution in [2.75, 3.05) is 36.8 Å². The summed E-state index contributed by atoms with van der Waals surface area (Å²) in [6.45, 7) is 4.48. The molecule has 1 unspecified atom stereocenters. The van der Waals surface area contributed by atoms with Crippen molar-refractivity contribution in [2.45, 2.75) is 31.7 Å². The Morgan fingerprint density at radius 2 is 1.95 bits per heavy atom. The van der Waals surface area contributed by atoms with Gasteiger partial charge in [-0.1, -0.05) is 6.42 Å². The fourth-order valence-corrected chi connectivity index (χ4v) is 3.68. The van der Waals surface area contributed by atoms with Crippen LogP contribution in [0.25, 0.3) is 11.0 Å². The first-order valence-corrected chi connectivity index (χ1v) is 8.16. The molecule has 2 aromatic heterocycles. The van der Waals surface area contributed by atoms with Crippen LogP contribution < -0.4 is 10.6 Å². The lowest BCUT2D eigenvalue weighted by Gasteiger charge is -2.32. The number of aromatic nitrogens is 4. The van der Waals surface area contributed by atoms with Crippen LogP contribution >= 0.6 is 0 Å². The van der Waals surface area contributed by atoms with Crippen molar-refractivity contribution in [2.24, 2.45) is 7.05 Å². The van der Waals surface area contributed by atoms with Gasteiger partial charge in [0, 0.05) is 26.2 Å². The molecule has 0 amide bonds. The summed E-state index contributed by atoms with van der Waals surface area (Å²) < 4.78 is 1.76. The highest BCUT2D eigenvalue weighted by Gasteiger charge is 2.30. The highest BCUT2D eigenvalue weighted by molar-refractivity contribution is 5.86. The molecule has 0 saturated carbocycles. The van der Waals surface area contributed by atoms with Gasteiger partial charge in [-0.25, -0.2) is 0 Å². The maximum Gasteiger partial charge on any atom is 0.229 e. The van der Waals surface area contributed by atoms with Gasteiger partial charge in [-0.05, 0) is 32.4 Å². The first-order valence-electron chi connectivity index (χ1n) is 8.16. The second kappa shape index (κ2) is 5.39. The first kappa shape index (κ1) is 13.8. The molecule has 22 heavy (non-hydrogen) atoms. The van der Waals surface area contributed by atoms with Crippen LogP contribution in [-0.2, 0) is 7.05 Å². The maximum absolute atomic E-state index is 6.07. The zero-order chi connectivity index (χ0) is 15.1. The Labute approximate surface area is 130 Å². The summed E-state index contributed by atoms with van der Waals surface area (Å²) in [7, 11) is 1.89. The average molecular weight is 301 g/mol. The standard InChI is InChI=1S/C15H23N7/c1-20-14-12(9-17-20)13(16)18-15(19-14)22-8-5-11(10-22)21-6-3-2-4-7-21/h9,11H,2-8,10H2,1H3,(H2,16,18,19). The van der Waals surface area contributed by atoms with Gasteiger partial charge in [0.05, 0.1) is 11.6 Å². The van der Waals surface area contributed by atoms with Gasteiger partial charge in [0.1, 0.15) is 5.82 Å². The highest BCUT2D eigenvalue weighted by atomic mass is 15.3. The monoisotopic (exact) mass is 301 g/mol. The van der Waals surface area contributed by atoms with E-state index in [9.17, 15) is 0 Å². The molecule has 0 aliphatic carbocycles. The number of hydrogen-bond acceptors (Lipinski definition) is 6. The number of anilines is 2. The number of likely N-dealkylation sites (tertiary alicyclic amines) is 1. The molecule has 7 nitrogen and oxygen atoms in total. The first-order chi connectivity index (χ1) is 10.7. The molecule has 1 atom stereocenters. The van der Waals surface area contributed by atoms with Gasteiger partial charge in [0.15, 0.2) is 5.65 Å².